The fourth-order valence-electron chi connectivity index (χ4n) is 1.81. The Morgan fingerprint density at radius 3 is 2.75 bits per heavy atom. The molecule has 5 N–H and O–H groups in total. The van der Waals surface area contributed by atoms with Crippen LogP contribution in [0.3, 0.4) is 0 Å². The summed E-state index contributed by atoms with van der Waals surface area (Å²) in [6, 6.07) is 4.33. The zero-order valence-electron chi connectivity index (χ0n) is 11.5. The first kappa shape index (κ1) is 16.7. The van der Waals surface area contributed by atoms with Crippen LogP contribution in [0.2, 0.25) is 0 Å². The lowest BCUT2D eigenvalue weighted by atomic mass is 10.1. The first-order valence-corrected chi connectivity index (χ1v) is 7.45. The van der Waals surface area contributed by atoms with Gasteiger partial charge < -0.3 is 21.4 Å². The lowest BCUT2D eigenvalue weighted by Crippen LogP contribution is -2.37. The topological polar surface area (TPSA) is 90.9 Å². The van der Waals surface area contributed by atoms with E-state index in [0.29, 0.717) is 17.7 Å². The van der Waals surface area contributed by atoms with Crippen LogP contribution >= 0.6 is 11.8 Å². The molecule has 0 bridgehead atoms. The quantitative estimate of drug-likeness (QED) is 0.262. The number of nitrogens with two attached hydrogens (primary N) is 1. The van der Waals surface area contributed by atoms with E-state index in [9.17, 15) is 9.50 Å². The molecule has 0 amide bonds. The van der Waals surface area contributed by atoms with Gasteiger partial charge in [-0.15, -0.1) is 0 Å². The molecule has 0 spiro atoms. The van der Waals surface area contributed by atoms with Crippen LogP contribution in [0.5, 0.6) is 0 Å². The summed E-state index contributed by atoms with van der Waals surface area (Å²) in [6.07, 6.45) is 1.93. The van der Waals surface area contributed by atoms with E-state index in [-0.39, 0.29) is 23.7 Å². The highest BCUT2D eigenvalue weighted by Crippen LogP contribution is 2.13. The summed E-state index contributed by atoms with van der Waals surface area (Å²) in [5.41, 5.74) is 6.48. The number of nitrogens with one attached hydrogen (secondary N) is 1. The van der Waals surface area contributed by atoms with Crippen molar-refractivity contribution >= 4 is 17.6 Å². The Morgan fingerprint density at radius 1 is 1.50 bits per heavy atom. The zero-order chi connectivity index (χ0) is 15.1. The third-order valence-electron chi connectivity index (χ3n) is 3.03. The van der Waals surface area contributed by atoms with Crippen LogP contribution in [0.1, 0.15) is 18.1 Å². The highest BCUT2D eigenvalue weighted by molar-refractivity contribution is 7.99. The van der Waals surface area contributed by atoms with Gasteiger partial charge in [0.15, 0.2) is 5.84 Å². The molecular weight excluding hydrogens is 281 g/mol. The maximum Gasteiger partial charge on any atom is 0.170 e. The molecule has 0 heterocycles. The summed E-state index contributed by atoms with van der Waals surface area (Å²) >= 11 is 1.57. The number of rotatable bonds is 7. The van der Waals surface area contributed by atoms with Crippen LogP contribution in [-0.2, 0) is 6.54 Å². The largest absolute Gasteiger partial charge is 0.409 e. The van der Waals surface area contributed by atoms with Crippen molar-refractivity contribution in [2.24, 2.45) is 10.9 Å². The fourth-order valence-corrected chi connectivity index (χ4v) is 2.46. The Morgan fingerprint density at radius 2 is 2.20 bits per heavy atom. The SMILES string of the molecule is CSC(CO)C(C)NCc1cc(F)cc(/C(N)=N/O)c1. The molecule has 0 aliphatic heterocycles. The van der Waals surface area contributed by atoms with E-state index in [2.05, 4.69) is 10.5 Å². The van der Waals surface area contributed by atoms with Gasteiger partial charge in [0, 0.05) is 23.4 Å². The third-order valence-corrected chi connectivity index (χ3v) is 4.19. The maximum absolute atomic E-state index is 13.5. The molecule has 7 heteroatoms. The van der Waals surface area contributed by atoms with Crippen LogP contribution in [0.4, 0.5) is 4.39 Å². The van der Waals surface area contributed by atoms with Crippen molar-refractivity contribution in [3.63, 3.8) is 0 Å². The summed E-state index contributed by atoms with van der Waals surface area (Å²) in [5.74, 6) is -0.571. The van der Waals surface area contributed by atoms with Gasteiger partial charge in [-0.05, 0) is 36.9 Å². The Bertz CT molecular complexity index is 467. The van der Waals surface area contributed by atoms with Crippen LogP contribution in [0, 0.1) is 5.82 Å². The number of oxime groups is 1. The molecule has 1 aromatic rings. The number of aliphatic hydroxyl groups is 1. The second kappa shape index (κ2) is 8.08. The smallest absolute Gasteiger partial charge is 0.170 e. The second-order valence-electron chi connectivity index (χ2n) is 4.46. The average molecular weight is 301 g/mol. The molecule has 1 rings (SSSR count). The zero-order valence-corrected chi connectivity index (χ0v) is 12.3. The summed E-state index contributed by atoms with van der Waals surface area (Å²) in [5, 5.41) is 24.0. The molecule has 0 aromatic heterocycles. The molecule has 0 radical (unpaired) electrons. The molecule has 2 atom stereocenters. The van der Waals surface area contributed by atoms with Gasteiger partial charge >= 0.3 is 0 Å². The maximum atomic E-state index is 13.5. The fraction of sp³-hybridized carbons (Fsp3) is 0.462. The van der Waals surface area contributed by atoms with Gasteiger partial charge in [-0.1, -0.05) is 5.16 Å². The number of aliphatic hydroxyl groups excluding tert-OH is 1. The highest BCUT2D eigenvalue weighted by Gasteiger charge is 2.14. The minimum absolute atomic E-state index is 0.0746. The minimum atomic E-state index is -0.442. The number of amidine groups is 1. The van der Waals surface area contributed by atoms with E-state index in [1.807, 2.05) is 13.2 Å². The number of thioether (sulfide) groups is 1. The normalized spacial score (nSPS) is 15.1. The van der Waals surface area contributed by atoms with E-state index in [1.165, 1.54) is 12.1 Å². The molecule has 0 saturated heterocycles. The molecule has 2 unspecified atom stereocenters. The number of nitrogens with zero attached hydrogens (tertiary/aromatic N) is 1. The molecule has 1 aromatic carbocycles. The van der Waals surface area contributed by atoms with Gasteiger partial charge in [0.25, 0.3) is 0 Å². The Balaban J connectivity index is 2.75. The standard InChI is InChI=1S/C13H20FN3O2S/c1-8(12(7-18)20-2)16-6-9-3-10(13(15)17-19)5-11(14)4-9/h3-5,8,12,16,18-19H,6-7H2,1-2H3,(H2,15,17). The molecule has 0 aliphatic rings. The summed E-state index contributed by atoms with van der Waals surface area (Å²) < 4.78 is 13.5. The molecule has 20 heavy (non-hydrogen) atoms. The van der Waals surface area contributed by atoms with Crippen LogP contribution in [0.25, 0.3) is 0 Å². The summed E-state index contributed by atoms with van der Waals surface area (Å²) in [4.78, 5) is 0. The molecule has 0 fully saturated rings. The number of hydrogen-bond donors (Lipinski definition) is 4. The van der Waals surface area contributed by atoms with Crippen molar-refractivity contribution in [2.75, 3.05) is 12.9 Å². The summed E-state index contributed by atoms with van der Waals surface area (Å²) in [7, 11) is 0. The van der Waals surface area contributed by atoms with Gasteiger partial charge in [0.2, 0.25) is 0 Å². The second-order valence-corrected chi connectivity index (χ2v) is 5.54. The van der Waals surface area contributed by atoms with Crippen molar-refractivity contribution in [1.29, 1.82) is 0 Å². The first-order chi connectivity index (χ1) is 9.51. The minimum Gasteiger partial charge on any atom is -0.409 e. The Hall–Kier alpha value is -1.31. The van der Waals surface area contributed by atoms with Gasteiger partial charge in [0.05, 0.1) is 6.61 Å². The lowest BCUT2D eigenvalue weighted by Gasteiger charge is -2.21. The Labute approximate surface area is 122 Å². The molecule has 0 saturated carbocycles. The van der Waals surface area contributed by atoms with E-state index in [0.717, 1.165) is 0 Å². The van der Waals surface area contributed by atoms with E-state index >= 15 is 0 Å². The first-order valence-electron chi connectivity index (χ1n) is 6.16. The van der Waals surface area contributed by atoms with Crippen molar-refractivity contribution in [1.82, 2.24) is 5.32 Å². The predicted octanol–water partition coefficient (Wildman–Crippen LogP) is 1.12. The molecule has 112 valence electrons. The van der Waals surface area contributed by atoms with E-state index in [4.69, 9.17) is 10.9 Å². The lowest BCUT2D eigenvalue weighted by molar-refractivity contribution is 0.276. The van der Waals surface area contributed by atoms with Crippen molar-refractivity contribution in [3.05, 3.63) is 35.1 Å². The van der Waals surface area contributed by atoms with Crippen LogP contribution in [-0.4, -0.2) is 40.3 Å². The average Bonchev–Trinajstić information content (AvgIpc) is 2.45. The van der Waals surface area contributed by atoms with Gasteiger partial charge in [0.1, 0.15) is 5.82 Å². The molecule has 5 nitrogen and oxygen atoms in total. The molecule has 0 aliphatic carbocycles. The predicted molar refractivity (Wildman–Crippen MR) is 79.6 cm³/mol. The molecular formula is C13H20FN3O2S. The van der Waals surface area contributed by atoms with Crippen molar-refractivity contribution in [3.8, 4) is 0 Å². The number of halogens is 1. The van der Waals surface area contributed by atoms with E-state index in [1.54, 1.807) is 17.8 Å². The number of hydrogen-bond acceptors (Lipinski definition) is 5. The van der Waals surface area contributed by atoms with Crippen molar-refractivity contribution in [2.45, 2.75) is 24.8 Å². The van der Waals surface area contributed by atoms with E-state index < -0.39 is 5.82 Å². The number of benzene rings is 1. The van der Waals surface area contributed by atoms with Crippen LogP contribution < -0.4 is 11.1 Å². The van der Waals surface area contributed by atoms with Gasteiger partial charge in [-0.25, -0.2) is 4.39 Å². The Kier molecular flexibility index (Phi) is 6.77. The monoisotopic (exact) mass is 301 g/mol. The van der Waals surface area contributed by atoms with Crippen molar-refractivity contribution < 1.29 is 14.7 Å². The third kappa shape index (κ3) is 4.66. The summed E-state index contributed by atoms with van der Waals surface area (Å²) in [6.45, 7) is 2.47. The van der Waals surface area contributed by atoms with Gasteiger partial charge in [-0.3, -0.25) is 0 Å². The van der Waals surface area contributed by atoms with Gasteiger partial charge in [-0.2, -0.15) is 11.8 Å². The van der Waals surface area contributed by atoms with Crippen LogP contribution in [0.15, 0.2) is 23.4 Å². The highest BCUT2D eigenvalue weighted by atomic mass is 32.2.